The molecule has 1 atom stereocenters. The summed E-state index contributed by atoms with van der Waals surface area (Å²) >= 11 is 0. The second kappa shape index (κ2) is 6.15. The first-order chi connectivity index (χ1) is 10.1. The summed E-state index contributed by atoms with van der Waals surface area (Å²) in [6.07, 6.45) is 4.11. The molecular formula is C15H23N3O3. The van der Waals surface area contributed by atoms with Crippen molar-refractivity contribution in [3.63, 3.8) is 0 Å². The van der Waals surface area contributed by atoms with E-state index in [-0.39, 0.29) is 12.0 Å². The van der Waals surface area contributed by atoms with Crippen LogP contribution in [0.15, 0.2) is 10.8 Å². The van der Waals surface area contributed by atoms with Crippen molar-refractivity contribution in [1.29, 1.82) is 0 Å². The molecular weight excluding hydrogens is 270 g/mol. The van der Waals surface area contributed by atoms with Gasteiger partial charge < -0.3 is 19.0 Å². The second-order valence-electron chi connectivity index (χ2n) is 6.17. The van der Waals surface area contributed by atoms with Gasteiger partial charge in [0.2, 0.25) is 0 Å². The van der Waals surface area contributed by atoms with Crippen molar-refractivity contribution < 1.29 is 13.9 Å². The van der Waals surface area contributed by atoms with E-state index in [2.05, 4.69) is 16.9 Å². The van der Waals surface area contributed by atoms with E-state index in [0.29, 0.717) is 31.2 Å². The maximum absolute atomic E-state index is 12.4. The van der Waals surface area contributed by atoms with E-state index in [1.165, 1.54) is 19.2 Å². The summed E-state index contributed by atoms with van der Waals surface area (Å²) in [4.78, 5) is 20.6. The Morgan fingerprint density at radius 2 is 2.29 bits per heavy atom. The highest BCUT2D eigenvalue weighted by Crippen LogP contribution is 2.29. The monoisotopic (exact) mass is 293 g/mol. The number of likely N-dealkylation sites (N-methyl/N-ethyl adjacent to an activating group) is 1. The van der Waals surface area contributed by atoms with Crippen molar-refractivity contribution in [3.05, 3.63) is 17.8 Å². The predicted octanol–water partition coefficient (Wildman–Crippen LogP) is 1.17. The van der Waals surface area contributed by atoms with Crippen LogP contribution in [0.1, 0.15) is 29.1 Å². The molecule has 2 heterocycles. The zero-order valence-corrected chi connectivity index (χ0v) is 12.7. The minimum atomic E-state index is -0.0561. The van der Waals surface area contributed by atoms with E-state index in [1.54, 1.807) is 6.92 Å². The highest BCUT2D eigenvalue weighted by molar-refractivity contribution is 5.93. The van der Waals surface area contributed by atoms with Crippen LogP contribution in [-0.2, 0) is 4.74 Å². The minimum absolute atomic E-state index is 0.0561. The van der Waals surface area contributed by atoms with Crippen LogP contribution in [0.5, 0.6) is 0 Å². The summed E-state index contributed by atoms with van der Waals surface area (Å²) < 4.78 is 10.9. The Kier molecular flexibility index (Phi) is 4.26. The SMILES string of the molecule is Cc1ocnc1C(=O)N1CCOC(CN(C)CC2CC2)C1. The van der Waals surface area contributed by atoms with E-state index < -0.39 is 0 Å². The van der Waals surface area contributed by atoms with Crippen LogP contribution in [0.25, 0.3) is 0 Å². The molecule has 1 aliphatic carbocycles. The summed E-state index contributed by atoms with van der Waals surface area (Å²) in [5, 5.41) is 0. The molecule has 2 aliphatic rings. The third kappa shape index (κ3) is 3.63. The summed E-state index contributed by atoms with van der Waals surface area (Å²) in [5.74, 6) is 1.39. The molecule has 0 radical (unpaired) electrons. The molecule has 6 heteroatoms. The Balaban J connectivity index is 1.55. The van der Waals surface area contributed by atoms with Crippen LogP contribution < -0.4 is 0 Å². The van der Waals surface area contributed by atoms with Crippen molar-refractivity contribution in [2.24, 2.45) is 5.92 Å². The molecule has 0 spiro atoms. The Morgan fingerprint density at radius 3 is 2.95 bits per heavy atom. The van der Waals surface area contributed by atoms with Gasteiger partial charge in [-0.25, -0.2) is 4.98 Å². The fourth-order valence-corrected chi connectivity index (χ4v) is 2.84. The van der Waals surface area contributed by atoms with Crippen molar-refractivity contribution >= 4 is 5.91 Å². The summed E-state index contributed by atoms with van der Waals surface area (Å²) in [5.41, 5.74) is 0.419. The number of nitrogens with zero attached hydrogens (tertiary/aromatic N) is 3. The van der Waals surface area contributed by atoms with Gasteiger partial charge >= 0.3 is 0 Å². The Labute approximate surface area is 125 Å². The standard InChI is InChI=1S/C15H23N3O3/c1-11-14(16-10-21-11)15(19)18-5-6-20-13(9-18)8-17(2)7-12-3-4-12/h10,12-13H,3-9H2,1-2H3. The smallest absolute Gasteiger partial charge is 0.276 e. The number of rotatable bonds is 5. The van der Waals surface area contributed by atoms with E-state index >= 15 is 0 Å². The Bertz CT molecular complexity index is 498. The number of amides is 1. The number of ether oxygens (including phenoxy) is 1. The molecule has 3 rings (SSSR count). The molecule has 0 N–H and O–H groups in total. The summed E-state index contributed by atoms with van der Waals surface area (Å²) in [6, 6.07) is 0. The van der Waals surface area contributed by atoms with Gasteiger partial charge in [-0.15, -0.1) is 0 Å². The predicted molar refractivity (Wildman–Crippen MR) is 77.1 cm³/mol. The van der Waals surface area contributed by atoms with Crippen LogP contribution in [-0.4, -0.2) is 66.6 Å². The first kappa shape index (κ1) is 14.5. The molecule has 1 saturated carbocycles. The molecule has 1 aliphatic heterocycles. The Hall–Kier alpha value is -1.40. The zero-order chi connectivity index (χ0) is 14.8. The molecule has 116 valence electrons. The maximum Gasteiger partial charge on any atom is 0.276 e. The van der Waals surface area contributed by atoms with Crippen LogP contribution in [0.4, 0.5) is 0 Å². The van der Waals surface area contributed by atoms with Gasteiger partial charge in [-0.3, -0.25) is 4.79 Å². The number of aromatic nitrogens is 1. The lowest BCUT2D eigenvalue weighted by Gasteiger charge is -2.34. The average molecular weight is 293 g/mol. The summed E-state index contributed by atoms with van der Waals surface area (Å²) in [7, 11) is 2.13. The minimum Gasteiger partial charge on any atom is -0.448 e. The van der Waals surface area contributed by atoms with E-state index in [4.69, 9.17) is 9.15 Å². The molecule has 2 fully saturated rings. The average Bonchev–Trinajstić information content (AvgIpc) is 3.17. The molecule has 1 aromatic heterocycles. The van der Waals surface area contributed by atoms with Gasteiger partial charge in [0, 0.05) is 26.2 Å². The van der Waals surface area contributed by atoms with Crippen LogP contribution in [0.3, 0.4) is 0 Å². The van der Waals surface area contributed by atoms with Crippen LogP contribution >= 0.6 is 0 Å². The van der Waals surface area contributed by atoms with E-state index in [1.807, 2.05) is 4.90 Å². The molecule has 6 nitrogen and oxygen atoms in total. The molecule has 0 aromatic carbocycles. The zero-order valence-electron chi connectivity index (χ0n) is 12.7. The van der Waals surface area contributed by atoms with Crippen molar-refractivity contribution in [2.45, 2.75) is 25.9 Å². The van der Waals surface area contributed by atoms with Gasteiger partial charge in [-0.2, -0.15) is 0 Å². The number of hydrogen-bond acceptors (Lipinski definition) is 5. The van der Waals surface area contributed by atoms with Gasteiger partial charge in [0.25, 0.3) is 5.91 Å². The number of aryl methyl sites for hydroxylation is 1. The quantitative estimate of drug-likeness (QED) is 0.815. The molecule has 21 heavy (non-hydrogen) atoms. The highest BCUT2D eigenvalue weighted by Gasteiger charge is 2.29. The first-order valence-corrected chi connectivity index (χ1v) is 7.63. The molecule has 1 aromatic rings. The van der Waals surface area contributed by atoms with Crippen molar-refractivity contribution in [3.8, 4) is 0 Å². The van der Waals surface area contributed by atoms with Crippen molar-refractivity contribution in [2.75, 3.05) is 39.8 Å². The molecule has 0 bridgehead atoms. The van der Waals surface area contributed by atoms with Gasteiger partial charge in [-0.1, -0.05) is 0 Å². The summed E-state index contributed by atoms with van der Waals surface area (Å²) in [6.45, 7) is 5.61. The third-order valence-corrected chi connectivity index (χ3v) is 4.16. The van der Waals surface area contributed by atoms with E-state index in [9.17, 15) is 4.79 Å². The van der Waals surface area contributed by atoms with Crippen molar-refractivity contribution in [1.82, 2.24) is 14.8 Å². The number of oxazole rings is 1. The largest absolute Gasteiger partial charge is 0.448 e. The van der Waals surface area contributed by atoms with Crippen LogP contribution in [0, 0.1) is 12.8 Å². The lowest BCUT2D eigenvalue weighted by Crippen LogP contribution is -2.49. The van der Waals surface area contributed by atoms with Gasteiger partial charge in [0.15, 0.2) is 12.1 Å². The molecule has 1 saturated heterocycles. The van der Waals surface area contributed by atoms with E-state index in [0.717, 1.165) is 19.0 Å². The van der Waals surface area contributed by atoms with Gasteiger partial charge in [0.1, 0.15) is 5.76 Å². The topological polar surface area (TPSA) is 58.8 Å². The fourth-order valence-electron chi connectivity index (χ4n) is 2.84. The van der Waals surface area contributed by atoms with Gasteiger partial charge in [-0.05, 0) is 32.7 Å². The number of hydrogen-bond donors (Lipinski definition) is 0. The number of carbonyl (C=O) groups is 1. The number of morpholine rings is 1. The fraction of sp³-hybridized carbons (Fsp3) is 0.733. The third-order valence-electron chi connectivity index (χ3n) is 4.16. The molecule has 1 amide bonds. The normalized spacial score (nSPS) is 22.8. The second-order valence-corrected chi connectivity index (χ2v) is 6.17. The first-order valence-electron chi connectivity index (χ1n) is 7.63. The lowest BCUT2D eigenvalue weighted by molar-refractivity contribution is -0.0335. The van der Waals surface area contributed by atoms with Crippen LogP contribution in [0.2, 0.25) is 0 Å². The Morgan fingerprint density at radius 1 is 1.48 bits per heavy atom. The lowest BCUT2D eigenvalue weighted by atomic mass is 10.2. The highest BCUT2D eigenvalue weighted by atomic mass is 16.5. The number of carbonyl (C=O) groups excluding carboxylic acids is 1. The maximum atomic E-state index is 12.4. The molecule has 1 unspecified atom stereocenters. The van der Waals surface area contributed by atoms with Gasteiger partial charge in [0.05, 0.1) is 12.7 Å².